The summed E-state index contributed by atoms with van der Waals surface area (Å²) in [6.07, 6.45) is 2.11. The zero-order valence-corrected chi connectivity index (χ0v) is 17.2. The fraction of sp³-hybridized carbons (Fsp3) is 0.409. The standard InChI is InChI=1S/C22H27ClN2O3/c1-24(2)18-11-9-17(10-12-18)14-25(15-19-6-5-13-27-19)22(26)16-28-21-8-4-3-7-20(21)23/h3-4,7-12,19H,5-6,13-16H2,1-2H3/t19-/m1/s1. The minimum atomic E-state index is -0.0768. The van der Waals surface area contributed by atoms with Crippen LogP contribution in [0.15, 0.2) is 48.5 Å². The molecule has 3 rings (SSSR count). The first-order chi connectivity index (χ1) is 13.5. The Hall–Kier alpha value is -2.24. The summed E-state index contributed by atoms with van der Waals surface area (Å²) < 4.78 is 11.4. The summed E-state index contributed by atoms with van der Waals surface area (Å²) in [5.41, 5.74) is 2.21. The van der Waals surface area contributed by atoms with Crippen LogP contribution in [0.4, 0.5) is 5.69 Å². The van der Waals surface area contributed by atoms with E-state index in [9.17, 15) is 4.79 Å². The highest BCUT2D eigenvalue weighted by Crippen LogP contribution is 2.23. The second-order valence-electron chi connectivity index (χ2n) is 7.19. The summed E-state index contributed by atoms with van der Waals surface area (Å²) in [6, 6.07) is 15.4. The van der Waals surface area contributed by atoms with E-state index >= 15 is 0 Å². The normalized spacial score (nSPS) is 16.0. The highest BCUT2D eigenvalue weighted by molar-refractivity contribution is 6.32. The lowest BCUT2D eigenvalue weighted by Gasteiger charge is -2.26. The first-order valence-electron chi connectivity index (χ1n) is 9.56. The molecule has 1 fully saturated rings. The number of hydrogen-bond acceptors (Lipinski definition) is 4. The van der Waals surface area contributed by atoms with Gasteiger partial charge >= 0.3 is 0 Å². The molecule has 1 aliphatic rings. The molecule has 1 saturated heterocycles. The fourth-order valence-electron chi connectivity index (χ4n) is 3.20. The number of hydrogen-bond donors (Lipinski definition) is 0. The largest absolute Gasteiger partial charge is 0.482 e. The number of carbonyl (C=O) groups excluding carboxylic acids is 1. The van der Waals surface area contributed by atoms with E-state index in [2.05, 4.69) is 29.2 Å². The van der Waals surface area contributed by atoms with Gasteiger partial charge in [0, 0.05) is 39.5 Å². The van der Waals surface area contributed by atoms with Crippen molar-refractivity contribution in [2.45, 2.75) is 25.5 Å². The summed E-state index contributed by atoms with van der Waals surface area (Å²) in [6.45, 7) is 1.81. The molecule has 2 aromatic rings. The third kappa shape index (κ3) is 5.63. The highest BCUT2D eigenvalue weighted by Gasteiger charge is 2.23. The van der Waals surface area contributed by atoms with Gasteiger partial charge in [-0.3, -0.25) is 4.79 Å². The van der Waals surface area contributed by atoms with Gasteiger partial charge in [-0.2, -0.15) is 0 Å². The van der Waals surface area contributed by atoms with Crippen LogP contribution >= 0.6 is 11.6 Å². The van der Waals surface area contributed by atoms with Gasteiger partial charge in [0.05, 0.1) is 11.1 Å². The van der Waals surface area contributed by atoms with Crippen molar-refractivity contribution in [2.75, 3.05) is 38.8 Å². The maximum atomic E-state index is 12.9. The third-order valence-electron chi connectivity index (χ3n) is 4.81. The third-order valence-corrected chi connectivity index (χ3v) is 5.13. The monoisotopic (exact) mass is 402 g/mol. The van der Waals surface area contributed by atoms with Gasteiger partial charge < -0.3 is 19.3 Å². The SMILES string of the molecule is CN(C)c1ccc(CN(C[C@H]2CCCO2)C(=O)COc2ccccc2Cl)cc1. The van der Waals surface area contributed by atoms with Gasteiger partial charge in [-0.05, 0) is 42.7 Å². The van der Waals surface area contributed by atoms with Crippen LogP contribution in [-0.4, -0.2) is 50.8 Å². The molecule has 0 unspecified atom stereocenters. The average molecular weight is 403 g/mol. The number of carbonyl (C=O) groups is 1. The number of nitrogens with zero attached hydrogens (tertiary/aromatic N) is 2. The van der Waals surface area contributed by atoms with Crippen molar-refractivity contribution >= 4 is 23.2 Å². The molecule has 0 N–H and O–H groups in total. The Morgan fingerprint density at radius 3 is 2.57 bits per heavy atom. The lowest BCUT2D eigenvalue weighted by molar-refractivity contribution is -0.135. The van der Waals surface area contributed by atoms with E-state index in [0.29, 0.717) is 23.9 Å². The van der Waals surface area contributed by atoms with Crippen molar-refractivity contribution in [3.05, 3.63) is 59.1 Å². The second kappa shape index (κ2) is 9.80. The predicted octanol–water partition coefficient (Wildman–Crippen LogP) is 3.99. The summed E-state index contributed by atoms with van der Waals surface area (Å²) in [4.78, 5) is 16.8. The molecule has 0 spiro atoms. The molecule has 1 aliphatic heterocycles. The minimum absolute atomic E-state index is 0.0494. The smallest absolute Gasteiger partial charge is 0.260 e. The Bertz CT molecular complexity index is 774. The van der Waals surface area contributed by atoms with Crippen LogP contribution in [0.3, 0.4) is 0 Å². The molecule has 6 heteroatoms. The number of amides is 1. The Kier molecular flexibility index (Phi) is 7.18. The van der Waals surface area contributed by atoms with E-state index in [0.717, 1.165) is 30.7 Å². The number of ether oxygens (including phenoxy) is 2. The number of halogens is 1. The van der Waals surface area contributed by atoms with E-state index in [1.54, 1.807) is 12.1 Å². The summed E-state index contributed by atoms with van der Waals surface area (Å²) in [7, 11) is 4.02. The molecule has 0 saturated carbocycles. The van der Waals surface area contributed by atoms with Crippen LogP contribution in [0.5, 0.6) is 5.75 Å². The molecule has 0 bridgehead atoms. The lowest BCUT2D eigenvalue weighted by Crippen LogP contribution is -2.39. The van der Waals surface area contributed by atoms with E-state index in [4.69, 9.17) is 21.1 Å². The van der Waals surface area contributed by atoms with Gasteiger partial charge in [-0.1, -0.05) is 35.9 Å². The van der Waals surface area contributed by atoms with Crippen LogP contribution in [0.2, 0.25) is 5.02 Å². The first kappa shape index (κ1) is 20.5. The van der Waals surface area contributed by atoms with Crippen LogP contribution in [0.1, 0.15) is 18.4 Å². The molecule has 5 nitrogen and oxygen atoms in total. The van der Waals surface area contributed by atoms with Gasteiger partial charge in [0.1, 0.15) is 5.75 Å². The molecule has 0 radical (unpaired) electrons. The number of rotatable bonds is 8. The van der Waals surface area contributed by atoms with E-state index in [-0.39, 0.29) is 18.6 Å². The van der Waals surface area contributed by atoms with Crippen molar-refractivity contribution in [2.24, 2.45) is 0 Å². The number of anilines is 1. The van der Waals surface area contributed by atoms with Crippen LogP contribution in [0, 0.1) is 0 Å². The lowest BCUT2D eigenvalue weighted by atomic mass is 10.1. The quantitative estimate of drug-likeness (QED) is 0.669. The van der Waals surface area contributed by atoms with E-state index in [1.807, 2.05) is 31.1 Å². The minimum Gasteiger partial charge on any atom is -0.482 e. The predicted molar refractivity (Wildman–Crippen MR) is 112 cm³/mol. The maximum absolute atomic E-state index is 12.9. The van der Waals surface area contributed by atoms with E-state index in [1.165, 1.54) is 0 Å². The summed E-state index contributed by atoms with van der Waals surface area (Å²) >= 11 is 6.12. The Morgan fingerprint density at radius 1 is 1.18 bits per heavy atom. The molecular weight excluding hydrogens is 376 g/mol. The van der Waals surface area contributed by atoms with E-state index < -0.39 is 0 Å². The maximum Gasteiger partial charge on any atom is 0.260 e. The summed E-state index contributed by atoms with van der Waals surface area (Å²) in [5, 5.41) is 0.500. The van der Waals surface area contributed by atoms with Gasteiger partial charge in [-0.25, -0.2) is 0 Å². The highest BCUT2D eigenvalue weighted by atomic mass is 35.5. The van der Waals surface area contributed by atoms with Crippen molar-refractivity contribution in [3.8, 4) is 5.75 Å². The zero-order valence-electron chi connectivity index (χ0n) is 16.4. The Balaban J connectivity index is 1.66. The zero-order chi connectivity index (χ0) is 19.9. The number of benzene rings is 2. The Morgan fingerprint density at radius 2 is 1.93 bits per heavy atom. The van der Waals surface area contributed by atoms with Crippen molar-refractivity contribution in [3.63, 3.8) is 0 Å². The topological polar surface area (TPSA) is 42.0 Å². The second-order valence-corrected chi connectivity index (χ2v) is 7.60. The molecule has 28 heavy (non-hydrogen) atoms. The van der Waals surface area contributed by atoms with Gasteiger partial charge in [-0.15, -0.1) is 0 Å². The van der Waals surface area contributed by atoms with Crippen LogP contribution in [0.25, 0.3) is 0 Å². The van der Waals surface area contributed by atoms with Gasteiger partial charge in [0.2, 0.25) is 0 Å². The van der Waals surface area contributed by atoms with Crippen molar-refractivity contribution in [1.82, 2.24) is 4.90 Å². The van der Waals surface area contributed by atoms with Gasteiger partial charge in [0.25, 0.3) is 5.91 Å². The fourth-order valence-corrected chi connectivity index (χ4v) is 3.39. The molecule has 1 amide bonds. The first-order valence-corrected chi connectivity index (χ1v) is 9.93. The molecule has 2 aromatic carbocycles. The van der Waals surface area contributed by atoms with Crippen LogP contribution in [-0.2, 0) is 16.1 Å². The average Bonchev–Trinajstić information content (AvgIpc) is 3.20. The van der Waals surface area contributed by atoms with Crippen LogP contribution < -0.4 is 9.64 Å². The van der Waals surface area contributed by atoms with Crippen molar-refractivity contribution in [1.29, 1.82) is 0 Å². The molecule has 150 valence electrons. The molecule has 1 atom stereocenters. The number of para-hydroxylation sites is 1. The molecular formula is C22H27ClN2O3. The molecule has 0 aliphatic carbocycles. The van der Waals surface area contributed by atoms with Crippen molar-refractivity contribution < 1.29 is 14.3 Å². The Labute approximate surface area is 171 Å². The molecule has 0 aromatic heterocycles. The summed E-state index contributed by atoms with van der Waals surface area (Å²) in [5.74, 6) is 0.442. The van der Waals surface area contributed by atoms with Gasteiger partial charge in [0.15, 0.2) is 6.61 Å². The molecule has 1 heterocycles.